The second kappa shape index (κ2) is 6.06. The maximum atomic E-state index is 9.35. The number of aromatic nitrogens is 2. The van der Waals surface area contributed by atoms with Crippen molar-refractivity contribution in [2.24, 2.45) is 0 Å². The Morgan fingerprint density at radius 3 is 2.75 bits per heavy atom. The highest BCUT2D eigenvalue weighted by Crippen LogP contribution is 2.19. The molecule has 4 nitrogen and oxygen atoms in total. The number of para-hydroxylation sites is 2. The summed E-state index contributed by atoms with van der Waals surface area (Å²) in [4.78, 5) is 4.66. The van der Waals surface area contributed by atoms with Gasteiger partial charge < -0.3 is 4.57 Å². The lowest BCUT2D eigenvalue weighted by molar-refractivity contribution is 0.401. The molecule has 0 aliphatic carbocycles. The van der Waals surface area contributed by atoms with E-state index in [0.717, 1.165) is 42.8 Å². The van der Waals surface area contributed by atoms with Crippen LogP contribution in [0.3, 0.4) is 0 Å². The van der Waals surface area contributed by atoms with Crippen LogP contribution in [0.4, 0.5) is 0 Å². The number of nitrogens with zero attached hydrogens (tertiary/aromatic N) is 3. The smallest absolute Gasteiger partial charge is 0.109 e. The molecule has 0 fully saturated rings. The molecule has 0 radical (unpaired) electrons. The topological polar surface area (TPSA) is 53.6 Å². The van der Waals surface area contributed by atoms with Crippen LogP contribution in [0.5, 0.6) is 0 Å². The van der Waals surface area contributed by atoms with Crippen molar-refractivity contribution < 1.29 is 0 Å². The number of nitriles is 1. The van der Waals surface area contributed by atoms with Crippen LogP contribution in [0.15, 0.2) is 24.3 Å². The lowest BCUT2D eigenvalue weighted by Crippen LogP contribution is -2.41. The number of hydrogen-bond acceptors (Lipinski definition) is 3. The fourth-order valence-corrected chi connectivity index (χ4v) is 2.55. The molecular formula is C16H22N4. The molecule has 1 atom stereocenters. The second-order valence-electron chi connectivity index (χ2n) is 5.25. The quantitative estimate of drug-likeness (QED) is 0.878. The van der Waals surface area contributed by atoms with E-state index in [2.05, 4.69) is 33.9 Å². The van der Waals surface area contributed by atoms with Gasteiger partial charge in [-0.05, 0) is 32.0 Å². The van der Waals surface area contributed by atoms with Gasteiger partial charge in [-0.1, -0.05) is 26.0 Å². The molecule has 0 saturated carbocycles. The van der Waals surface area contributed by atoms with Crippen LogP contribution in [-0.2, 0) is 13.0 Å². The lowest BCUT2D eigenvalue weighted by Gasteiger charge is -2.23. The first-order valence-corrected chi connectivity index (χ1v) is 7.24. The maximum Gasteiger partial charge on any atom is 0.109 e. The van der Waals surface area contributed by atoms with E-state index in [4.69, 9.17) is 0 Å². The first-order valence-electron chi connectivity index (χ1n) is 7.24. The fraction of sp³-hybridized carbons (Fsp3) is 0.500. The zero-order chi connectivity index (χ0) is 14.6. The number of benzene rings is 1. The molecular weight excluding hydrogens is 248 g/mol. The van der Waals surface area contributed by atoms with Crippen molar-refractivity contribution in [3.8, 4) is 6.07 Å². The van der Waals surface area contributed by atoms with Crippen LogP contribution in [0.25, 0.3) is 11.0 Å². The largest absolute Gasteiger partial charge is 0.328 e. The summed E-state index contributed by atoms with van der Waals surface area (Å²) in [6, 6.07) is 10.6. The Bertz CT molecular complexity index is 623. The standard InChI is InChI=1S/C16H22N4/c1-4-15-19-13-8-6-7-9-14(13)20(15)11-10-16(3,12-17)18-5-2/h6-9,18H,4-5,10-11H2,1-3H3. The van der Waals surface area contributed by atoms with E-state index in [1.165, 1.54) is 0 Å². The van der Waals surface area contributed by atoms with Crippen molar-refractivity contribution in [1.29, 1.82) is 5.26 Å². The third kappa shape index (κ3) is 2.83. The Hall–Kier alpha value is -1.86. The first-order chi connectivity index (χ1) is 9.63. The molecule has 0 bridgehead atoms. The van der Waals surface area contributed by atoms with E-state index in [9.17, 15) is 5.26 Å². The van der Waals surface area contributed by atoms with E-state index in [1.807, 2.05) is 32.0 Å². The molecule has 1 aromatic carbocycles. The van der Waals surface area contributed by atoms with Gasteiger partial charge in [-0.2, -0.15) is 5.26 Å². The van der Waals surface area contributed by atoms with Crippen molar-refractivity contribution in [2.75, 3.05) is 6.54 Å². The molecule has 20 heavy (non-hydrogen) atoms. The van der Waals surface area contributed by atoms with E-state index < -0.39 is 5.54 Å². The van der Waals surface area contributed by atoms with Crippen molar-refractivity contribution in [3.63, 3.8) is 0 Å². The van der Waals surface area contributed by atoms with Gasteiger partial charge in [0.25, 0.3) is 0 Å². The monoisotopic (exact) mass is 270 g/mol. The summed E-state index contributed by atoms with van der Waals surface area (Å²) < 4.78 is 2.24. The van der Waals surface area contributed by atoms with Crippen LogP contribution >= 0.6 is 0 Å². The predicted octanol–water partition coefficient (Wildman–Crippen LogP) is 2.88. The minimum Gasteiger partial charge on any atom is -0.328 e. The van der Waals surface area contributed by atoms with Gasteiger partial charge >= 0.3 is 0 Å². The number of aryl methyl sites for hydroxylation is 2. The highest BCUT2D eigenvalue weighted by molar-refractivity contribution is 5.75. The normalized spacial score (nSPS) is 14.1. The molecule has 106 valence electrons. The molecule has 2 aromatic rings. The Morgan fingerprint density at radius 1 is 1.35 bits per heavy atom. The van der Waals surface area contributed by atoms with Crippen LogP contribution in [0, 0.1) is 11.3 Å². The lowest BCUT2D eigenvalue weighted by atomic mass is 10.00. The molecule has 0 spiro atoms. The minimum absolute atomic E-state index is 0.481. The van der Waals surface area contributed by atoms with Crippen LogP contribution < -0.4 is 5.32 Å². The highest BCUT2D eigenvalue weighted by Gasteiger charge is 2.22. The summed E-state index contributed by atoms with van der Waals surface area (Å²) in [6.45, 7) is 7.71. The van der Waals surface area contributed by atoms with Gasteiger partial charge in [0.15, 0.2) is 0 Å². The molecule has 1 aromatic heterocycles. The van der Waals surface area contributed by atoms with Gasteiger partial charge in [-0.3, -0.25) is 5.32 Å². The van der Waals surface area contributed by atoms with E-state index in [0.29, 0.717) is 0 Å². The fourth-order valence-electron chi connectivity index (χ4n) is 2.55. The molecule has 4 heteroatoms. The molecule has 1 unspecified atom stereocenters. The van der Waals surface area contributed by atoms with Crippen LogP contribution in [0.2, 0.25) is 0 Å². The molecule has 0 saturated heterocycles. The van der Waals surface area contributed by atoms with Gasteiger partial charge in [0.05, 0.1) is 17.1 Å². The summed E-state index contributed by atoms with van der Waals surface area (Å²) in [5.74, 6) is 1.09. The minimum atomic E-state index is -0.481. The zero-order valence-corrected chi connectivity index (χ0v) is 12.5. The number of fused-ring (bicyclic) bond motifs is 1. The average Bonchev–Trinajstić information content (AvgIpc) is 2.83. The number of rotatable bonds is 6. The average molecular weight is 270 g/mol. The van der Waals surface area contributed by atoms with Gasteiger partial charge in [-0.25, -0.2) is 4.98 Å². The molecule has 1 N–H and O–H groups in total. The van der Waals surface area contributed by atoms with Gasteiger partial charge in [0, 0.05) is 13.0 Å². The van der Waals surface area contributed by atoms with Crippen molar-refractivity contribution in [1.82, 2.24) is 14.9 Å². The summed E-state index contributed by atoms with van der Waals surface area (Å²) in [5.41, 5.74) is 1.71. The Morgan fingerprint density at radius 2 is 2.10 bits per heavy atom. The van der Waals surface area contributed by atoms with E-state index in [-0.39, 0.29) is 0 Å². The van der Waals surface area contributed by atoms with Crippen LogP contribution in [-0.4, -0.2) is 21.6 Å². The first kappa shape index (κ1) is 14.5. The SMILES string of the molecule is CCNC(C)(C#N)CCn1c(CC)nc2ccccc21. The highest BCUT2D eigenvalue weighted by atomic mass is 15.1. The number of imidazole rings is 1. The summed E-state index contributed by atoms with van der Waals surface area (Å²) in [5, 5.41) is 12.6. The molecule has 0 aliphatic rings. The van der Waals surface area contributed by atoms with Crippen molar-refractivity contribution >= 4 is 11.0 Å². The van der Waals surface area contributed by atoms with Gasteiger partial charge in [0.1, 0.15) is 11.4 Å². The predicted molar refractivity (Wildman–Crippen MR) is 81.4 cm³/mol. The maximum absolute atomic E-state index is 9.35. The Labute approximate surface area is 120 Å². The van der Waals surface area contributed by atoms with Crippen LogP contribution in [0.1, 0.15) is 33.0 Å². The number of nitrogens with one attached hydrogen (secondary N) is 1. The van der Waals surface area contributed by atoms with Gasteiger partial charge in [0.2, 0.25) is 0 Å². The summed E-state index contributed by atoms with van der Waals surface area (Å²) >= 11 is 0. The van der Waals surface area contributed by atoms with Crippen molar-refractivity contribution in [2.45, 2.75) is 45.7 Å². The molecule has 1 heterocycles. The second-order valence-corrected chi connectivity index (χ2v) is 5.25. The molecule has 0 amide bonds. The van der Waals surface area contributed by atoms with Gasteiger partial charge in [-0.15, -0.1) is 0 Å². The third-order valence-electron chi connectivity index (χ3n) is 3.70. The Kier molecular flexibility index (Phi) is 4.41. The molecule has 2 rings (SSSR count). The molecule has 0 aliphatic heterocycles. The summed E-state index contributed by atoms with van der Waals surface area (Å²) in [7, 11) is 0. The van der Waals surface area contributed by atoms with E-state index in [1.54, 1.807) is 0 Å². The third-order valence-corrected chi connectivity index (χ3v) is 3.70. The Balaban J connectivity index is 2.27. The number of hydrogen-bond donors (Lipinski definition) is 1. The zero-order valence-electron chi connectivity index (χ0n) is 12.5. The van der Waals surface area contributed by atoms with E-state index >= 15 is 0 Å². The summed E-state index contributed by atoms with van der Waals surface area (Å²) in [6.07, 6.45) is 1.67. The van der Waals surface area contributed by atoms with Crippen molar-refractivity contribution in [3.05, 3.63) is 30.1 Å².